The van der Waals surface area contributed by atoms with Gasteiger partial charge in [0.25, 0.3) is 0 Å². The molecule has 0 aromatic carbocycles. The van der Waals surface area contributed by atoms with Crippen molar-refractivity contribution < 1.29 is 9.53 Å². The van der Waals surface area contributed by atoms with Crippen LogP contribution in [0.2, 0.25) is 0 Å². The predicted molar refractivity (Wildman–Crippen MR) is 91.8 cm³/mol. The largest absolute Gasteiger partial charge is 0.379 e. The number of rotatable bonds is 4. The van der Waals surface area contributed by atoms with Crippen LogP contribution in [0.15, 0.2) is 12.1 Å². The number of carbonyl (C=O) groups is 1. The van der Waals surface area contributed by atoms with Gasteiger partial charge in [0.05, 0.1) is 24.9 Å². The number of aromatic nitrogens is 2. The Hall–Kier alpha value is -1.73. The van der Waals surface area contributed by atoms with E-state index in [-0.39, 0.29) is 11.9 Å². The van der Waals surface area contributed by atoms with Gasteiger partial charge in [0.15, 0.2) is 0 Å². The smallest absolute Gasteiger partial charge is 0.239 e. The Balaban J connectivity index is 1.47. The van der Waals surface area contributed by atoms with Gasteiger partial charge in [-0.2, -0.15) is 5.10 Å². The van der Waals surface area contributed by atoms with E-state index in [0.717, 1.165) is 63.7 Å². The Morgan fingerprint density at radius 2 is 1.92 bits per heavy atom. The van der Waals surface area contributed by atoms with Crippen molar-refractivity contribution in [1.82, 2.24) is 20.0 Å². The summed E-state index contributed by atoms with van der Waals surface area (Å²) >= 11 is 0. The van der Waals surface area contributed by atoms with E-state index < -0.39 is 0 Å². The van der Waals surface area contributed by atoms with Crippen LogP contribution in [0.25, 0.3) is 0 Å². The second-order valence-electron chi connectivity index (χ2n) is 6.63. The topological polar surface area (TPSA) is 70.6 Å². The molecule has 0 bridgehead atoms. The van der Waals surface area contributed by atoms with Gasteiger partial charge in [0.2, 0.25) is 5.91 Å². The van der Waals surface area contributed by atoms with Crippen LogP contribution in [0.5, 0.6) is 0 Å². The van der Waals surface area contributed by atoms with E-state index >= 15 is 0 Å². The first-order valence-electron chi connectivity index (χ1n) is 8.81. The number of nitrogens with zero attached hydrogens (tertiary/aromatic N) is 4. The minimum atomic E-state index is -0.0543. The molecule has 1 atom stereocenters. The van der Waals surface area contributed by atoms with Gasteiger partial charge in [0.1, 0.15) is 5.82 Å². The Bertz CT molecular complexity index is 536. The number of piperidine rings is 1. The molecule has 0 saturated carbocycles. The molecule has 1 amide bonds. The molecular formula is C17H27N5O2. The highest BCUT2D eigenvalue weighted by atomic mass is 16.5. The summed E-state index contributed by atoms with van der Waals surface area (Å²) in [6, 6.07) is 4.21. The molecule has 0 aliphatic carbocycles. The van der Waals surface area contributed by atoms with E-state index in [9.17, 15) is 4.79 Å². The van der Waals surface area contributed by atoms with Crippen molar-refractivity contribution in [2.45, 2.75) is 38.8 Å². The second-order valence-corrected chi connectivity index (χ2v) is 6.63. The molecule has 0 unspecified atom stereocenters. The Morgan fingerprint density at radius 3 is 2.54 bits per heavy atom. The van der Waals surface area contributed by atoms with E-state index in [0.29, 0.717) is 6.04 Å². The van der Waals surface area contributed by atoms with Crippen molar-refractivity contribution in [3.8, 4) is 0 Å². The number of hydrogen-bond acceptors (Lipinski definition) is 6. The molecule has 0 spiro atoms. The van der Waals surface area contributed by atoms with Gasteiger partial charge in [0, 0.05) is 32.2 Å². The Kier molecular flexibility index (Phi) is 5.63. The van der Waals surface area contributed by atoms with Gasteiger partial charge >= 0.3 is 0 Å². The monoisotopic (exact) mass is 333 g/mol. The molecule has 1 N–H and O–H groups in total. The maximum Gasteiger partial charge on any atom is 0.239 e. The van der Waals surface area contributed by atoms with Crippen LogP contribution < -0.4 is 5.32 Å². The molecule has 1 aromatic rings. The maximum atomic E-state index is 12.7. The van der Waals surface area contributed by atoms with Crippen molar-refractivity contribution in [2.24, 2.45) is 0 Å². The molecule has 3 heterocycles. The lowest BCUT2D eigenvalue weighted by atomic mass is 10.0. The zero-order chi connectivity index (χ0) is 16.9. The first-order valence-corrected chi connectivity index (χ1v) is 8.81. The molecule has 7 nitrogen and oxygen atoms in total. The highest BCUT2D eigenvalue weighted by Gasteiger charge is 2.30. The third kappa shape index (κ3) is 4.21. The van der Waals surface area contributed by atoms with Crippen LogP contribution in [0.3, 0.4) is 0 Å². The van der Waals surface area contributed by atoms with Gasteiger partial charge < -0.3 is 15.0 Å². The molecule has 2 saturated heterocycles. The summed E-state index contributed by atoms with van der Waals surface area (Å²) in [5.74, 6) is 1.05. The SMILES string of the molecule is Cc1ccc(NC2CCN(C(=O)[C@@H](C)N3CCOCC3)CC2)nn1. The van der Waals surface area contributed by atoms with Gasteiger partial charge in [-0.15, -0.1) is 5.10 Å². The first kappa shape index (κ1) is 17.1. The Labute approximate surface area is 143 Å². The van der Waals surface area contributed by atoms with Crippen molar-refractivity contribution in [1.29, 1.82) is 0 Å². The van der Waals surface area contributed by atoms with E-state index in [4.69, 9.17) is 4.74 Å². The lowest BCUT2D eigenvalue weighted by Crippen LogP contribution is -2.53. The fraction of sp³-hybridized carbons (Fsp3) is 0.706. The number of morpholine rings is 1. The van der Waals surface area contributed by atoms with E-state index in [1.165, 1.54) is 0 Å². The molecule has 3 rings (SSSR count). The number of anilines is 1. The van der Waals surface area contributed by atoms with Crippen molar-refractivity contribution in [3.05, 3.63) is 17.8 Å². The number of carbonyl (C=O) groups excluding carboxylic acids is 1. The zero-order valence-corrected chi connectivity index (χ0v) is 14.6. The van der Waals surface area contributed by atoms with Gasteiger partial charge in [-0.3, -0.25) is 9.69 Å². The first-order chi connectivity index (χ1) is 11.6. The van der Waals surface area contributed by atoms with Crippen molar-refractivity contribution in [2.75, 3.05) is 44.7 Å². The van der Waals surface area contributed by atoms with Gasteiger partial charge in [-0.25, -0.2) is 0 Å². The number of ether oxygens (including phenoxy) is 1. The van der Waals surface area contributed by atoms with Crippen molar-refractivity contribution in [3.63, 3.8) is 0 Å². The fourth-order valence-corrected chi connectivity index (χ4v) is 3.31. The molecule has 2 aliphatic heterocycles. The molecule has 2 aliphatic rings. The summed E-state index contributed by atoms with van der Waals surface area (Å²) < 4.78 is 5.37. The average molecular weight is 333 g/mol. The minimum Gasteiger partial charge on any atom is -0.379 e. The lowest BCUT2D eigenvalue weighted by Gasteiger charge is -2.38. The Morgan fingerprint density at radius 1 is 1.21 bits per heavy atom. The highest BCUT2D eigenvalue weighted by Crippen LogP contribution is 2.17. The lowest BCUT2D eigenvalue weighted by molar-refractivity contribution is -0.139. The summed E-state index contributed by atoms with van der Waals surface area (Å²) in [5.41, 5.74) is 0.915. The summed E-state index contributed by atoms with van der Waals surface area (Å²) in [6.07, 6.45) is 1.88. The van der Waals surface area contributed by atoms with Crippen LogP contribution in [0.1, 0.15) is 25.5 Å². The van der Waals surface area contributed by atoms with E-state index in [2.05, 4.69) is 20.4 Å². The molecule has 1 aromatic heterocycles. The molecule has 7 heteroatoms. The summed E-state index contributed by atoms with van der Waals surface area (Å²) in [5, 5.41) is 11.6. The molecule has 0 radical (unpaired) electrons. The van der Waals surface area contributed by atoms with Crippen LogP contribution in [-0.2, 0) is 9.53 Å². The summed E-state index contributed by atoms with van der Waals surface area (Å²) in [4.78, 5) is 16.9. The number of likely N-dealkylation sites (tertiary alicyclic amines) is 1. The van der Waals surface area contributed by atoms with Crippen LogP contribution in [-0.4, -0.2) is 77.4 Å². The maximum absolute atomic E-state index is 12.7. The van der Waals surface area contributed by atoms with Crippen LogP contribution in [0, 0.1) is 6.92 Å². The fourth-order valence-electron chi connectivity index (χ4n) is 3.31. The quantitative estimate of drug-likeness (QED) is 0.883. The number of amides is 1. The van der Waals surface area contributed by atoms with Gasteiger partial charge in [-0.05, 0) is 38.8 Å². The molecule has 2 fully saturated rings. The second kappa shape index (κ2) is 7.90. The number of aryl methyl sites for hydroxylation is 1. The average Bonchev–Trinajstić information content (AvgIpc) is 2.64. The third-order valence-electron chi connectivity index (χ3n) is 4.91. The third-order valence-corrected chi connectivity index (χ3v) is 4.91. The van der Waals surface area contributed by atoms with E-state index in [1.807, 2.05) is 30.9 Å². The molecule has 132 valence electrons. The number of nitrogens with one attached hydrogen (secondary N) is 1. The minimum absolute atomic E-state index is 0.0543. The standard InChI is InChI=1S/C17H27N5O2/c1-13-3-4-16(20-19-13)18-15-5-7-22(8-6-15)17(23)14(2)21-9-11-24-12-10-21/h3-4,14-15H,5-12H2,1-2H3,(H,18,20)/t14-/m1/s1. The normalized spacial score (nSPS) is 21.5. The highest BCUT2D eigenvalue weighted by molar-refractivity contribution is 5.81. The van der Waals surface area contributed by atoms with Crippen molar-refractivity contribution >= 4 is 11.7 Å². The van der Waals surface area contributed by atoms with E-state index in [1.54, 1.807) is 0 Å². The summed E-state index contributed by atoms with van der Waals surface area (Å²) in [7, 11) is 0. The molecular weight excluding hydrogens is 306 g/mol. The van der Waals surface area contributed by atoms with Crippen LogP contribution >= 0.6 is 0 Å². The van der Waals surface area contributed by atoms with Crippen LogP contribution in [0.4, 0.5) is 5.82 Å². The van der Waals surface area contributed by atoms with Gasteiger partial charge in [-0.1, -0.05) is 0 Å². The zero-order valence-electron chi connectivity index (χ0n) is 14.6. The summed E-state index contributed by atoms with van der Waals surface area (Å²) in [6.45, 7) is 8.67. The molecule has 24 heavy (non-hydrogen) atoms. The number of hydrogen-bond donors (Lipinski definition) is 1. The predicted octanol–water partition coefficient (Wildman–Crippen LogP) is 0.909.